The van der Waals surface area contributed by atoms with Crippen LogP contribution in [0.25, 0.3) is 60.8 Å². The highest BCUT2D eigenvalue weighted by molar-refractivity contribution is 6.10. The second-order valence-electron chi connectivity index (χ2n) is 10.9. The molecule has 0 saturated heterocycles. The normalized spacial score (nSPS) is 11.8. The summed E-state index contributed by atoms with van der Waals surface area (Å²) in [6.45, 7) is 4.37. The third kappa shape index (κ3) is 3.93. The summed E-state index contributed by atoms with van der Waals surface area (Å²) in [4.78, 5) is 9.66. The molecule has 202 valence electrons. The number of pyridine rings is 2. The van der Waals surface area contributed by atoms with Gasteiger partial charge in [-0.25, -0.2) is 9.97 Å². The van der Waals surface area contributed by atoms with Crippen molar-refractivity contribution in [3.8, 4) is 28.7 Å². The van der Waals surface area contributed by atoms with Crippen molar-refractivity contribution in [1.29, 1.82) is 0 Å². The van der Waals surface area contributed by atoms with Crippen LogP contribution in [0.3, 0.4) is 0 Å². The number of hydrogen-bond acceptors (Lipinski definition) is 4. The number of para-hydroxylation sites is 3. The quantitative estimate of drug-likeness (QED) is 0.216. The minimum absolute atomic E-state index is 0.290. The molecule has 0 N–H and O–H groups in total. The molecule has 0 fully saturated rings. The van der Waals surface area contributed by atoms with Crippen LogP contribution in [0.2, 0.25) is 0 Å². The van der Waals surface area contributed by atoms with Gasteiger partial charge in [0.1, 0.15) is 22.7 Å². The van der Waals surface area contributed by atoms with Crippen LogP contribution >= 0.6 is 0 Å². The van der Waals surface area contributed by atoms with Crippen LogP contribution in [0.15, 0.2) is 126 Å². The van der Waals surface area contributed by atoms with E-state index in [-0.39, 0.29) is 5.92 Å². The molecule has 0 unspecified atom stereocenters. The van der Waals surface area contributed by atoms with Crippen molar-refractivity contribution >= 4 is 43.7 Å². The van der Waals surface area contributed by atoms with Gasteiger partial charge in [-0.15, -0.1) is 0 Å². The molecule has 42 heavy (non-hydrogen) atoms. The fourth-order valence-corrected chi connectivity index (χ4v) is 5.87. The lowest BCUT2D eigenvalue weighted by atomic mass is 10.00. The smallest absolute Gasteiger partial charge is 0.220 e. The zero-order chi connectivity index (χ0) is 28.2. The van der Waals surface area contributed by atoms with Crippen molar-refractivity contribution in [2.45, 2.75) is 19.8 Å². The van der Waals surface area contributed by atoms with Crippen molar-refractivity contribution in [2.24, 2.45) is 0 Å². The van der Waals surface area contributed by atoms with E-state index in [9.17, 15) is 0 Å². The van der Waals surface area contributed by atoms with Crippen LogP contribution < -0.4 is 4.74 Å². The third-order valence-electron chi connectivity index (χ3n) is 7.92. The molecule has 0 radical (unpaired) electrons. The summed E-state index contributed by atoms with van der Waals surface area (Å²) in [6, 6.07) is 39.1. The fourth-order valence-electron chi connectivity index (χ4n) is 5.87. The van der Waals surface area contributed by atoms with E-state index in [2.05, 4.69) is 90.1 Å². The maximum Gasteiger partial charge on any atom is 0.220 e. The molecule has 4 aromatic carbocycles. The lowest BCUT2D eigenvalue weighted by Gasteiger charge is -2.13. The summed E-state index contributed by atoms with van der Waals surface area (Å²) in [7, 11) is 0. The molecule has 0 aliphatic rings. The van der Waals surface area contributed by atoms with E-state index in [1.165, 1.54) is 5.39 Å². The summed E-state index contributed by atoms with van der Waals surface area (Å²) in [5.74, 6) is 2.41. The fraction of sp³-hybridized carbons (Fsp3) is 0.0811. The highest BCUT2D eigenvalue weighted by Gasteiger charge is 2.17. The Morgan fingerprint density at radius 1 is 0.690 bits per heavy atom. The number of benzene rings is 4. The molecule has 0 amide bonds. The summed E-state index contributed by atoms with van der Waals surface area (Å²) < 4.78 is 15.0. The van der Waals surface area contributed by atoms with E-state index < -0.39 is 0 Å². The van der Waals surface area contributed by atoms with E-state index in [1.807, 2.05) is 54.7 Å². The summed E-state index contributed by atoms with van der Waals surface area (Å²) >= 11 is 0. The Bertz CT molecular complexity index is 2260. The Labute approximate surface area is 242 Å². The number of furan rings is 1. The number of rotatable bonds is 5. The molecule has 0 atom stereocenters. The van der Waals surface area contributed by atoms with Gasteiger partial charge in [-0.2, -0.15) is 0 Å². The van der Waals surface area contributed by atoms with Gasteiger partial charge in [0, 0.05) is 45.4 Å². The topological polar surface area (TPSA) is 53.1 Å². The lowest BCUT2D eigenvalue weighted by Crippen LogP contribution is -1.98. The molecule has 0 saturated carbocycles. The Kier molecular flexibility index (Phi) is 5.57. The minimum Gasteiger partial charge on any atom is -0.455 e. The van der Waals surface area contributed by atoms with Gasteiger partial charge in [-0.05, 0) is 60.0 Å². The van der Waals surface area contributed by atoms with Crippen LogP contribution in [0.5, 0.6) is 11.6 Å². The highest BCUT2D eigenvalue weighted by Crippen LogP contribution is 2.38. The molecule has 0 spiro atoms. The summed E-state index contributed by atoms with van der Waals surface area (Å²) in [5.41, 5.74) is 6.75. The predicted molar refractivity (Wildman–Crippen MR) is 170 cm³/mol. The van der Waals surface area contributed by atoms with Crippen molar-refractivity contribution < 1.29 is 9.15 Å². The number of hydrogen-bond donors (Lipinski definition) is 0. The van der Waals surface area contributed by atoms with E-state index in [0.717, 1.165) is 61.0 Å². The Morgan fingerprint density at radius 2 is 1.48 bits per heavy atom. The maximum atomic E-state index is 6.52. The first-order valence-corrected chi connectivity index (χ1v) is 14.2. The van der Waals surface area contributed by atoms with Crippen LogP contribution in [0.1, 0.15) is 25.3 Å². The SMILES string of the molecule is CC(C)c1cc(Oc2ccc3c4ccccc4n(-c4ccccn4)c3c2)nc(-c2cccc3c2oc2ccccc23)c1. The van der Waals surface area contributed by atoms with Gasteiger partial charge in [-0.3, -0.25) is 4.57 Å². The average Bonchev–Trinajstić information content (AvgIpc) is 3.57. The van der Waals surface area contributed by atoms with E-state index in [0.29, 0.717) is 11.6 Å². The molecule has 4 heterocycles. The molecule has 4 aromatic heterocycles. The largest absolute Gasteiger partial charge is 0.455 e. The van der Waals surface area contributed by atoms with Crippen molar-refractivity contribution in [1.82, 2.24) is 14.5 Å². The molecule has 8 rings (SSSR count). The van der Waals surface area contributed by atoms with Crippen molar-refractivity contribution in [3.63, 3.8) is 0 Å². The molecule has 0 aliphatic heterocycles. The van der Waals surface area contributed by atoms with Gasteiger partial charge in [-0.1, -0.05) is 68.4 Å². The van der Waals surface area contributed by atoms with Gasteiger partial charge < -0.3 is 9.15 Å². The number of ether oxygens (including phenoxy) is 1. The maximum absolute atomic E-state index is 6.52. The molecule has 0 bridgehead atoms. The second kappa shape index (κ2) is 9.60. The predicted octanol–water partition coefficient (Wildman–Crippen LogP) is 10.1. The van der Waals surface area contributed by atoms with Gasteiger partial charge >= 0.3 is 0 Å². The lowest BCUT2D eigenvalue weighted by molar-refractivity contribution is 0.463. The first kappa shape index (κ1) is 24.4. The second-order valence-corrected chi connectivity index (χ2v) is 10.9. The van der Waals surface area contributed by atoms with Crippen molar-refractivity contribution in [3.05, 3.63) is 127 Å². The molecule has 8 aromatic rings. The van der Waals surface area contributed by atoms with Gasteiger partial charge in [0.25, 0.3) is 0 Å². The summed E-state index contributed by atoms with van der Waals surface area (Å²) in [5, 5.41) is 4.49. The zero-order valence-electron chi connectivity index (χ0n) is 23.3. The molecular weight excluding hydrogens is 518 g/mol. The van der Waals surface area contributed by atoms with Gasteiger partial charge in [0.2, 0.25) is 5.88 Å². The van der Waals surface area contributed by atoms with Crippen LogP contribution in [0, 0.1) is 0 Å². The molecule has 5 heteroatoms. The molecular formula is C37H27N3O2. The van der Waals surface area contributed by atoms with Crippen LogP contribution in [0.4, 0.5) is 0 Å². The monoisotopic (exact) mass is 545 g/mol. The highest BCUT2D eigenvalue weighted by atomic mass is 16.5. The number of fused-ring (bicyclic) bond motifs is 6. The zero-order valence-corrected chi connectivity index (χ0v) is 23.3. The third-order valence-corrected chi connectivity index (χ3v) is 7.92. The average molecular weight is 546 g/mol. The minimum atomic E-state index is 0.290. The van der Waals surface area contributed by atoms with E-state index in [1.54, 1.807) is 0 Å². The Morgan fingerprint density at radius 3 is 2.33 bits per heavy atom. The van der Waals surface area contributed by atoms with Crippen LogP contribution in [-0.4, -0.2) is 14.5 Å². The van der Waals surface area contributed by atoms with E-state index in [4.69, 9.17) is 14.1 Å². The molecule has 5 nitrogen and oxygen atoms in total. The first-order valence-electron chi connectivity index (χ1n) is 14.2. The molecule has 0 aliphatic carbocycles. The van der Waals surface area contributed by atoms with Gasteiger partial charge in [0.05, 0.1) is 16.7 Å². The van der Waals surface area contributed by atoms with Gasteiger partial charge in [0.15, 0.2) is 0 Å². The Hall–Kier alpha value is -5.42. The van der Waals surface area contributed by atoms with Crippen molar-refractivity contribution in [2.75, 3.05) is 0 Å². The first-order chi connectivity index (χ1) is 20.6. The van der Waals surface area contributed by atoms with Crippen LogP contribution in [-0.2, 0) is 0 Å². The number of aromatic nitrogens is 3. The summed E-state index contributed by atoms with van der Waals surface area (Å²) in [6.07, 6.45) is 1.82. The Balaban J connectivity index is 1.27. The number of nitrogens with zero attached hydrogens (tertiary/aromatic N) is 3. The van der Waals surface area contributed by atoms with E-state index >= 15 is 0 Å². The standard InChI is InChI=1S/C37H27N3O2/c1-23(2)24-20-31(30-13-9-12-29-28-11-4-6-15-34(28)42-37(29)30)39-36(21-24)41-25-17-18-27-26-10-3-5-14-32(26)40(33(27)22-25)35-16-7-8-19-38-35/h3-23H,1-2H3.